The third-order valence-corrected chi connectivity index (χ3v) is 3.83. The molecule has 0 aliphatic carbocycles. The highest BCUT2D eigenvalue weighted by Crippen LogP contribution is 2.14. The van der Waals surface area contributed by atoms with Gasteiger partial charge in [0.15, 0.2) is 5.69 Å². The smallest absolute Gasteiger partial charge is 0.273 e. The Hall–Kier alpha value is -3.15. The molecule has 0 spiro atoms. The van der Waals surface area contributed by atoms with Gasteiger partial charge in [-0.15, -0.1) is 5.10 Å². The fourth-order valence-corrected chi connectivity index (χ4v) is 2.46. The van der Waals surface area contributed by atoms with Gasteiger partial charge in [-0.05, 0) is 42.7 Å². The van der Waals surface area contributed by atoms with Crippen molar-refractivity contribution >= 4 is 5.91 Å². The van der Waals surface area contributed by atoms with E-state index in [-0.39, 0.29) is 5.91 Å². The van der Waals surface area contributed by atoms with Gasteiger partial charge >= 0.3 is 0 Å². The molecule has 1 N–H and O–H groups in total. The largest absolute Gasteiger partial charge is 0.497 e. The van der Waals surface area contributed by atoms with Crippen molar-refractivity contribution in [1.29, 1.82) is 0 Å². The number of nitrogens with one attached hydrogen (secondary N) is 1. The van der Waals surface area contributed by atoms with Crippen LogP contribution in [0.2, 0.25) is 0 Å². The molecule has 1 aromatic heterocycles. The lowest BCUT2D eigenvalue weighted by Crippen LogP contribution is -2.25. The molecule has 0 unspecified atom stereocenters. The van der Waals surface area contributed by atoms with E-state index < -0.39 is 0 Å². The van der Waals surface area contributed by atoms with Crippen molar-refractivity contribution in [3.8, 4) is 11.4 Å². The predicted molar refractivity (Wildman–Crippen MR) is 95.0 cm³/mol. The molecule has 25 heavy (non-hydrogen) atoms. The average molecular weight is 336 g/mol. The first-order chi connectivity index (χ1) is 12.3. The van der Waals surface area contributed by atoms with Crippen LogP contribution in [0.3, 0.4) is 0 Å². The molecule has 3 aromatic rings. The van der Waals surface area contributed by atoms with Gasteiger partial charge in [-0.3, -0.25) is 4.79 Å². The predicted octanol–water partition coefficient (Wildman–Crippen LogP) is 2.64. The van der Waals surface area contributed by atoms with Gasteiger partial charge in [0.1, 0.15) is 5.75 Å². The highest BCUT2D eigenvalue weighted by Gasteiger charge is 2.11. The van der Waals surface area contributed by atoms with Gasteiger partial charge in [0.25, 0.3) is 5.91 Å². The zero-order valence-electron chi connectivity index (χ0n) is 14.1. The number of rotatable bonds is 7. The molecule has 128 valence electrons. The molecule has 1 amide bonds. The molecule has 0 fully saturated rings. The number of ether oxygens (including phenoxy) is 1. The number of hydrogen-bond donors (Lipinski definition) is 1. The van der Waals surface area contributed by atoms with Crippen LogP contribution >= 0.6 is 0 Å². The Morgan fingerprint density at radius 3 is 2.60 bits per heavy atom. The van der Waals surface area contributed by atoms with Crippen LogP contribution < -0.4 is 10.1 Å². The summed E-state index contributed by atoms with van der Waals surface area (Å²) in [5, 5.41) is 10.8. The summed E-state index contributed by atoms with van der Waals surface area (Å²) in [6.45, 7) is 0.600. The topological polar surface area (TPSA) is 69.0 Å². The summed E-state index contributed by atoms with van der Waals surface area (Å²) in [7, 11) is 1.62. The number of aromatic nitrogens is 3. The molecule has 2 aromatic carbocycles. The first kappa shape index (κ1) is 16.7. The van der Waals surface area contributed by atoms with Gasteiger partial charge < -0.3 is 10.1 Å². The maximum atomic E-state index is 12.2. The Bertz CT molecular complexity index is 813. The fraction of sp³-hybridized carbons (Fsp3) is 0.211. The molecule has 0 bridgehead atoms. The zero-order valence-corrected chi connectivity index (χ0v) is 14.1. The van der Waals surface area contributed by atoms with Crippen LogP contribution in [0.5, 0.6) is 5.75 Å². The van der Waals surface area contributed by atoms with Crippen LogP contribution in [0.1, 0.15) is 22.5 Å². The van der Waals surface area contributed by atoms with Crippen LogP contribution in [-0.2, 0) is 6.42 Å². The van der Waals surface area contributed by atoms with Crippen molar-refractivity contribution in [1.82, 2.24) is 20.3 Å². The SMILES string of the molecule is COc1ccc(-n2cc(C(=O)NCCCc3ccccc3)nn2)cc1. The minimum absolute atomic E-state index is 0.215. The molecule has 0 aliphatic rings. The van der Waals surface area contributed by atoms with Crippen LogP contribution in [0.25, 0.3) is 5.69 Å². The molecule has 0 saturated heterocycles. The summed E-state index contributed by atoms with van der Waals surface area (Å²) in [5.74, 6) is 0.549. The van der Waals surface area contributed by atoms with Crippen molar-refractivity contribution in [2.24, 2.45) is 0 Å². The molecule has 1 heterocycles. The molecular formula is C19H20N4O2. The van der Waals surface area contributed by atoms with Crippen molar-refractivity contribution in [3.63, 3.8) is 0 Å². The molecule has 0 saturated carbocycles. The summed E-state index contributed by atoms with van der Waals surface area (Å²) >= 11 is 0. The molecule has 0 aliphatic heterocycles. The van der Waals surface area contributed by atoms with Crippen LogP contribution in [0.4, 0.5) is 0 Å². The molecular weight excluding hydrogens is 316 g/mol. The van der Waals surface area contributed by atoms with Gasteiger partial charge in [-0.25, -0.2) is 4.68 Å². The zero-order chi connectivity index (χ0) is 17.5. The Labute approximate surface area is 146 Å². The van der Waals surface area contributed by atoms with E-state index in [0.29, 0.717) is 12.2 Å². The second-order valence-corrected chi connectivity index (χ2v) is 5.59. The lowest BCUT2D eigenvalue weighted by molar-refractivity contribution is 0.0948. The summed E-state index contributed by atoms with van der Waals surface area (Å²) in [6, 6.07) is 17.6. The van der Waals surface area contributed by atoms with Gasteiger partial charge in [0.2, 0.25) is 0 Å². The molecule has 6 nitrogen and oxygen atoms in total. The Balaban J connectivity index is 1.51. The van der Waals surface area contributed by atoms with Crippen LogP contribution in [-0.4, -0.2) is 34.6 Å². The van der Waals surface area contributed by atoms with E-state index in [4.69, 9.17) is 4.74 Å². The lowest BCUT2D eigenvalue weighted by Gasteiger charge is -2.03. The number of benzene rings is 2. The van der Waals surface area contributed by atoms with E-state index in [1.165, 1.54) is 5.56 Å². The maximum Gasteiger partial charge on any atom is 0.273 e. The van der Waals surface area contributed by atoms with Crippen molar-refractivity contribution in [2.45, 2.75) is 12.8 Å². The van der Waals surface area contributed by atoms with Crippen molar-refractivity contribution in [3.05, 3.63) is 72.1 Å². The second kappa shape index (κ2) is 8.10. The number of hydrogen-bond acceptors (Lipinski definition) is 4. The number of carbonyl (C=O) groups excluding carboxylic acids is 1. The third-order valence-electron chi connectivity index (χ3n) is 3.83. The van der Waals surface area contributed by atoms with Gasteiger partial charge in [-0.1, -0.05) is 35.5 Å². The standard InChI is InChI=1S/C19H20N4O2/c1-25-17-11-9-16(10-12-17)23-14-18(21-22-23)19(24)20-13-5-8-15-6-3-2-4-7-15/h2-4,6-7,9-12,14H,5,8,13H2,1H3,(H,20,24). The first-order valence-corrected chi connectivity index (χ1v) is 8.15. The van der Waals surface area contributed by atoms with Crippen molar-refractivity contribution < 1.29 is 9.53 Å². The average Bonchev–Trinajstić information content (AvgIpc) is 3.16. The number of carbonyl (C=O) groups is 1. The van der Waals surface area contributed by atoms with E-state index in [9.17, 15) is 4.79 Å². The first-order valence-electron chi connectivity index (χ1n) is 8.15. The third kappa shape index (κ3) is 4.44. The monoisotopic (exact) mass is 336 g/mol. The number of methoxy groups -OCH3 is 1. The summed E-state index contributed by atoms with van der Waals surface area (Å²) in [4.78, 5) is 12.2. The Morgan fingerprint density at radius 2 is 1.88 bits per heavy atom. The number of amides is 1. The lowest BCUT2D eigenvalue weighted by atomic mass is 10.1. The minimum Gasteiger partial charge on any atom is -0.497 e. The van der Waals surface area contributed by atoms with Crippen molar-refractivity contribution in [2.75, 3.05) is 13.7 Å². The van der Waals surface area contributed by atoms with E-state index in [2.05, 4.69) is 27.8 Å². The number of aryl methyl sites for hydroxylation is 1. The Morgan fingerprint density at radius 1 is 1.12 bits per heavy atom. The van der Waals surface area contributed by atoms with Gasteiger partial charge in [0, 0.05) is 6.54 Å². The van der Waals surface area contributed by atoms with E-state index in [1.54, 1.807) is 18.0 Å². The van der Waals surface area contributed by atoms with Gasteiger partial charge in [0.05, 0.1) is 19.0 Å². The summed E-state index contributed by atoms with van der Waals surface area (Å²) in [6.07, 6.45) is 3.43. The van der Waals surface area contributed by atoms with E-state index >= 15 is 0 Å². The molecule has 0 radical (unpaired) electrons. The quantitative estimate of drug-likeness (QED) is 0.674. The summed E-state index contributed by atoms with van der Waals surface area (Å²) in [5.41, 5.74) is 2.38. The van der Waals surface area contributed by atoms with E-state index in [0.717, 1.165) is 24.3 Å². The second-order valence-electron chi connectivity index (χ2n) is 5.59. The molecule has 3 rings (SSSR count). The van der Waals surface area contributed by atoms with Gasteiger partial charge in [-0.2, -0.15) is 0 Å². The fourth-order valence-electron chi connectivity index (χ4n) is 2.46. The van der Waals surface area contributed by atoms with Crippen LogP contribution in [0, 0.1) is 0 Å². The molecule has 6 heteroatoms. The highest BCUT2D eigenvalue weighted by molar-refractivity contribution is 5.91. The Kier molecular flexibility index (Phi) is 5.41. The summed E-state index contributed by atoms with van der Waals surface area (Å²) < 4.78 is 6.69. The minimum atomic E-state index is -0.215. The maximum absolute atomic E-state index is 12.2. The number of nitrogens with zero attached hydrogens (tertiary/aromatic N) is 3. The highest BCUT2D eigenvalue weighted by atomic mass is 16.5. The van der Waals surface area contributed by atoms with E-state index in [1.807, 2.05) is 42.5 Å². The normalized spacial score (nSPS) is 10.4. The van der Waals surface area contributed by atoms with Crippen LogP contribution in [0.15, 0.2) is 60.8 Å². The molecule has 0 atom stereocenters.